The summed E-state index contributed by atoms with van der Waals surface area (Å²) in [7, 11) is 0. The molecule has 1 amide bonds. The molecule has 0 aliphatic carbocycles. The molecule has 0 aromatic heterocycles. The van der Waals surface area contributed by atoms with E-state index in [4.69, 9.17) is 9.84 Å². The molecule has 1 saturated heterocycles. The van der Waals surface area contributed by atoms with Gasteiger partial charge in [-0.05, 0) is 78.0 Å². The van der Waals surface area contributed by atoms with Gasteiger partial charge >= 0.3 is 12.1 Å². The average Bonchev–Trinajstić information content (AvgIpc) is 2.96. The third-order valence-corrected chi connectivity index (χ3v) is 7.60. The van der Waals surface area contributed by atoms with Crippen LogP contribution in [0, 0.1) is 11.7 Å². The van der Waals surface area contributed by atoms with Crippen LogP contribution in [0.5, 0.6) is 5.75 Å². The molecule has 0 bridgehead atoms. The van der Waals surface area contributed by atoms with Crippen molar-refractivity contribution >= 4 is 35.2 Å². The Balaban J connectivity index is 0.00000370. The molecule has 5 rings (SSSR count). The number of ether oxygens (including phenoxy) is 1. The lowest BCUT2D eigenvalue weighted by Crippen LogP contribution is -2.46. The minimum Gasteiger partial charge on any atom is -0.478 e. The lowest BCUT2D eigenvalue weighted by Gasteiger charge is -2.39. The van der Waals surface area contributed by atoms with E-state index in [0.29, 0.717) is 31.6 Å². The predicted molar refractivity (Wildman–Crippen MR) is 156 cm³/mol. The summed E-state index contributed by atoms with van der Waals surface area (Å²) < 4.78 is 20.5. The van der Waals surface area contributed by atoms with Crippen LogP contribution >= 0.6 is 12.4 Å². The minimum atomic E-state index is -1.05. The fourth-order valence-electron chi connectivity index (χ4n) is 5.44. The van der Waals surface area contributed by atoms with Gasteiger partial charge in [-0.15, -0.1) is 12.4 Å². The number of carbonyl (C=O) groups is 2. The van der Waals surface area contributed by atoms with Crippen LogP contribution in [0.25, 0.3) is 10.8 Å². The summed E-state index contributed by atoms with van der Waals surface area (Å²) >= 11 is 0. The molecule has 1 fully saturated rings. The van der Waals surface area contributed by atoms with Crippen LogP contribution in [0.4, 0.5) is 9.18 Å². The first-order valence-corrected chi connectivity index (χ1v) is 13.2. The van der Waals surface area contributed by atoms with Gasteiger partial charge in [0.15, 0.2) is 0 Å². The van der Waals surface area contributed by atoms with E-state index in [-0.39, 0.29) is 47.4 Å². The fraction of sp³-hybridized carbons (Fsp3) is 0.250. The molecule has 3 atom stereocenters. The number of carbonyl (C=O) groups excluding carboxylic acids is 1. The lowest BCUT2D eigenvalue weighted by molar-refractivity contribution is 0.0697. The van der Waals surface area contributed by atoms with Crippen LogP contribution in [0.2, 0.25) is 0 Å². The Labute approximate surface area is 239 Å². The standard InChI is InChI=1S/C32H31FN2O4.ClH/c1-21(26-11-6-8-22-7-2-3-9-27(22)26)34-19-24-17-18-35(20-29(24)28-10-4-5-12-30(28)33)32(38)39-25-15-13-23(14-16-25)31(36)37;/h2-16,21,24,29,34H,17-20H2,1H3,(H,36,37);1H/t21-,24?,29?;/m1./s1. The van der Waals surface area contributed by atoms with E-state index < -0.39 is 12.1 Å². The van der Waals surface area contributed by atoms with Gasteiger partial charge in [0.1, 0.15) is 11.6 Å². The maximum atomic E-state index is 15.0. The predicted octanol–water partition coefficient (Wildman–Crippen LogP) is 7.05. The van der Waals surface area contributed by atoms with Crippen molar-refractivity contribution in [1.29, 1.82) is 0 Å². The molecule has 0 spiro atoms. The second kappa shape index (κ2) is 12.9. The van der Waals surface area contributed by atoms with Gasteiger partial charge in [-0.3, -0.25) is 0 Å². The zero-order valence-electron chi connectivity index (χ0n) is 22.1. The first-order valence-electron chi connectivity index (χ1n) is 13.2. The van der Waals surface area contributed by atoms with Crippen molar-refractivity contribution in [2.75, 3.05) is 19.6 Å². The number of hydrogen-bond acceptors (Lipinski definition) is 4. The zero-order valence-corrected chi connectivity index (χ0v) is 22.9. The molecule has 0 saturated carbocycles. The van der Waals surface area contributed by atoms with Crippen LogP contribution in [-0.2, 0) is 0 Å². The number of nitrogens with zero attached hydrogens (tertiary/aromatic N) is 1. The first-order chi connectivity index (χ1) is 18.9. The topological polar surface area (TPSA) is 78.9 Å². The quantitative estimate of drug-likeness (QED) is 0.252. The van der Waals surface area contributed by atoms with Gasteiger partial charge < -0.3 is 20.1 Å². The van der Waals surface area contributed by atoms with Crippen LogP contribution in [0.15, 0.2) is 91.0 Å². The molecule has 40 heavy (non-hydrogen) atoms. The molecule has 4 aromatic carbocycles. The van der Waals surface area contributed by atoms with Crippen LogP contribution in [0.1, 0.15) is 46.8 Å². The Morgan fingerprint density at radius 2 is 1.70 bits per heavy atom. The highest BCUT2D eigenvalue weighted by atomic mass is 35.5. The van der Waals surface area contributed by atoms with Crippen molar-refractivity contribution in [2.24, 2.45) is 5.92 Å². The number of hydrogen-bond donors (Lipinski definition) is 2. The maximum Gasteiger partial charge on any atom is 0.415 e. The number of halogens is 2. The highest BCUT2D eigenvalue weighted by molar-refractivity contribution is 5.88. The third-order valence-electron chi connectivity index (χ3n) is 7.60. The van der Waals surface area contributed by atoms with Crippen LogP contribution in [0.3, 0.4) is 0 Å². The van der Waals surface area contributed by atoms with E-state index >= 15 is 0 Å². The second-order valence-electron chi connectivity index (χ2n) is 10.0. The number of carboxylic acids is 1. The van der Waals surface area contributed by atoms with E-state index in [1.54, 1.807) is 17.0 Å². The molecule has 4 aromatic rings. The van der Waals surface area contributed by atoms with Gasteiger partial charge in [0.25, 0.3) is 0 Å². The van der Waals surface area contributed by atoms with E-state index in [1.807, 2.05) is 18.2 Å². The van der Waals surface area contributed by atoms with Crippen molar-refractivity contribution in [1.82, 2.24) is 10.2 Å². The van der Waals surface area contributed by atoms with Gasteiger partial charge in [0, 0.05) is 25.0 Å². The smallest absolute Gasteiger partial charge is 0.415 e. The summed E-state index contributed by atoms with van der Waals surface area (Å²) in [6.07, 6.45) is 0.149. The van der Waals surface area contributed by atoms with Crippen molar-refractivity contribution in [3.8, 4) is 5.75 Å². The molecule has 208 valence electrons. The number of amides is 1. The summed E-state index contributed by atoms with van der Waals surface area (Å²) in [5, 5.41) is 15.2. The minimum absolute atomic E-state index is 0. The molecule has 1 aliphatic rings. The average molecular weight is 563 g/mol. The summed E-state index contributed by atoms with van der Waals surface area (Å²) in [5.41, 5.74) is 1.91. The Kier molecular flexibility index (Phi) is 9.40. The maximum absolute atomic E-state index is 15.0. The van der Waals surface area contributed by atoms with Gasteiger partial charge in [0.05, 0.1) is 5.56 Å². The van der Waals surface area contributed by atoms with Crippen molar-refractivity contribution < 1.29 is 23.8 Å². The Bertz CT molecular complexity index is 1470. The van der Waals surface area contributed by atoms with Gasteiger partial charge in [-0.1, -0.05) is 60.7 Å². The summed E-state index contributed by atoms with van der Waals surface area (Å²) in [4.78, 5) is 25.7. The highest BCUT2D eigenvalue weighted by Gasteiger charge is 2.35. The van der Waals surface area contributed by atoms with Crippen molar-refractivity contribution in [2.45, 2.75) is 25.3 Å². The Morgan fingerprint density at radius 3 is 2.45 bits per heavy atom. The number of carboxylic acid groups (broad SMARTS) is 1. The van der Waals surface area contributed by atoms with Crippen molar-refractivity contribution in [3.05, 3.63) is 114 Å². The lowest BCUT2D eigenvalue weighted by atomic mass is 9.80. The van der Waals surface area contributed by atoms with Gasteiger partial charge in [-0.2, -0.15) is 0 Å². The number of likely N-dealkylation sites (tertiary alicyclic amines) is 1. The molecule has 2 unspecified atom stereocenters. The normalized spacial score (nSPS) is 17.6. The SMILES string of the molecule is C[C@@H](NCC1CCN(C(=O)Oc2ccc(C(=O)O)cc2)CC1c1ccccc1F)c1cccc2ccccc12.Cl. The highest BCUT2D eigenvalue weighted by Crippen LogP contribution is 2.35. The van der Waals surface area contributed by atoms with Crippen molar-refractivity contribution in [3.63, 3.8) is 0 Å². The molecule has 2 N–H and O–H groups in total. The van der Waals surface area contributed by atoms with E-state index in [9.17, 15) is 14.0 Å². The van der Waals surface area contributed by atoms with E-state index in [1.165, 1.54) is 46.7 Å². The zero-order chi connectivity index (χ0) is 27.4. The Morgan fingerprint density at radius 1 is 1.00 bits per heavy atom. The number of aromatic carboxylic acids is 1. The third kappa shape index (κ3) is 6.43. The molecular weight excluding hydrogens is 531 g/mol. The van der Waals surface area contributed by atoms with Crippen LogP contribution in [-0.4, -0.2) is 41.7 Å². The van der Waals surface area contributed by atoms with Gasteiger partial charge in [0.2, 0.25) is 0 Å². The molecule has 8 heteroatoms. The van der Waals surface area contributed by atoms with Gasteiger partial charge in [-0.25, -0.2) is 14.0 Å². The number of fused-ring (bicyclic) bond motifs is 1. The number of rotatable bonds is 7. The van der Waals surface area contributed by atoms with Crippen LogP contribution < -0.4 is 10.1 Å². The molecule has 0 radical (unpaired) electrons. The molecule has 1 aliphatic heterocycles. The fourth-order valence-corrected chi connectivity index (χ4v) is 5.44. The largest absolute Gasteiger partial charge is 0.478 e. The van der Waals surface area contributed by atoms with E-state index in [0.717, 1.165) is 0 Å². The molecule has 6 nitrogen and oxygen atoms in total. The second-order valence-corrected chi connectivity index (χ2v) is 10.0. The Hall–Kier alpha value is -3.94. The summed E-state index contributed by atoms with van der Waals surface area (Å²) in [5.74, 6) is -1.17. The number of benzene rings is 4. The first kappa shape index (κ1) is 29.1. The molecule has 1 heterocycles. The monoisotopic (exact) mass is 562 g/mol. The number of nitrogens with one attached hydrogen (secondary N) is 1. The summed E-state index contributed by atoms with van der Waals surface area (Å²) in [6.45, 7) is 3.61. The summed E-state index contributed by atoms with van der Waals surface area (Å²) in [6, 6.07) is 27.2. The number of piperidine rings is 1. The molecular formula is C32H32ClFN2O4. The van der Waals surface area contributed by atoms with E-state index in [2.05, 4.69) is 42.6 Å².